The monoisotopic (exact) mass is 187 g/mol. The lowest BCUT2D eigenvalue weighted by Crippen LogP contribution is -2.37. The molecule has 0 aromatic heterocycles. The van der Waals surface area contributed by atoms with Crippen molar-refractivity contribution in [2.45, 2.75) is 45.1 Å². The number of hydrogen-bond donors (Lipinski definition) is 2. The highest BCUT2D eigenvalue weighted by atomic mass is 15.2. The summed E-state index contributed by atoms with van der Waals surface area (Å²) in [6, 6.07) is 0.494. The lowest BCUT2D eigenvalue weighted by Gasteiger charge is -2.18. The topological polar surface area (TPSA) is 41.3 Å². The predicted molar refractivity (Wildman–Crippen MR) is 58.4 cm³/mol. The van der Waals surface area contributed by atoms with Gasteiger partial charge in [-0.3, -0.25) is 11.3 Å². The van der Waals surface area contributed by atoms with Crippen LogP contribution in [0.3, 0.4) is 0 Å². The Morgan fingerprint density at radius 2 is 1.92 bits per heavy atom. The second-order valence-corrected chi connectivity index (χ2v) is 3.95. The van der Waals surface area contributed by atoms with E-state index in [-0.39, 0.29) is 0 Å². The predicted octanol–water partition coefficient (Wildman–Crippen LogP) is 1.35. The molecular formula is C10H25N3. The van der Waals surface area contributed by atoms with Crippen LogP contribution in [0.5, 0.6) is 0 Å². The van der Waals surface area contributed by atoms with E-state index in [4.69, 9.17) is 5.84 Å². The molecule has 3 nitrogen and oxygen atoms in total. The first-order valence-electron chi connectivity index (χ1n) is 5.31. The third-order valence-corrected chi connectivity index (χ3v) is 2.32. The van der Waals surface area contributed by atoms with Crippen LogP contribution in [-0.4, -0.2) is 31.6 Å². The van der Waals surface area contributed by atoms with Crippen LogP contribution in [0.4, 0.5) is 0 Å². The second-order valence-electron chi connectivity index (χ2n) is 3.95. The van der Waals surface area contributed by atoms with E-state index in [9.17, 15) is 0 Å². The van der Waals surface area contributed by atoms with E-state index in [1.165, 1.54) is 25.7 Å². The lowest BCUT2D eigenvalue weighted by atomic mass is 10.1. The van der Waals surface area contributed by atoms with Gasteiger partial charge in [-0.15, -0.1) is 0 Å². The number of hydrogen-bond acceptors (Lipinski definition) is 3. The van der Waals surface area contributed by atoms with Gasteiger partial charge in [0, 0.05) is 6.04 Å². The van der Waals surface area contributed by atoms with Gasteiger partial charge in [0.15, 0.2) is 0 Å². The van der Waals surface area contributed by atoms with Crippen molar-refractivity contribution in [2.75, 3.05) is 20.6 Å². The highest BCUT2D eigenvalue weighted by Gasteiger charge is 2.05. The van der Waals surface area contributed by atoms with Crippen molar-refractivity contribution in [2.24, 2.45) is 5.84 Å². The quantitative estimate of drug-likeness (QED) is 0.342. The minimum absolute atomic E-state index is 0.494. The van der Waals surface area contributed by atoms with Crippen LogP contribution in [0.15, 0.2) is 0 Å². The van der Waals surface area contributed by atoms with E-state index in [1.54, 1.807) is 0 Å². The van der Waals surface area contributed by atoms with Crippen molar-refractivity contribution in [3.8, 4) is 0 Å². The number of unbranched alkanes of at least 4 members (excludes halogenated alkanes) is 2. The zero-order valence-electron chi connectivity index (χ0n) is 9.34. The van der Waals surface area contributed by atoms with Gasteiger partial charge < -0.3 is 4.90 Å². The normalized spacial score (nSPS) is 13.6. The summed E-state index contributed by atoms with van der Waals surface area (Å²) in [6.07, 6.45) is 6.25. The number of nitrogens with two attached hydrogens (primary N) is 1. The van der Waals surface area contributed by atoms with Crippen LogP contribution in [0.25, 0.3) is 0 Å². The molecule has 3 heteroatoms. The van der Waals surface area contributed by atoms with Crippen molar-refractivity contribution in [3.63, 3.8) is 0 Å². The molecule has 0 heterocycles. The molecule has 0 fully saturated rings. The molecular weight excluding hydrogens is 162 g/mol. The van der Waals surface area contributed by atoms with Crippen molar-refractivity contribution >= 4 is 0 Å². The highest BCUT2D eigenvalue weighted by Crippen LogP contribution is 2.05. The van der Waals surface area contributed by atoms with Crippen LogP contribution < -0.4 is 11.3 Å². The molecule has 0 aliphatic rings. The molecule has 0 saturated heterocycles. The zero-order valence-corrected chi connectivity index (χ0v) is 9.34. The summed E-state index contributed by atoms with van der Waals surface area (Å²) in [6.45, 7) is 3.34. The standard InChI is InChI=1S/C10H25N3/c1-4-5-6-7-10(12-11)8-9-13(2)3/h10,12H,4-9,11H2,1-3H3. The van der Waals surface area contributed by atoms with Gasteiger partial charge >= 0.3 is 0 Å². The average Bonchev–Trinajstić information content (AvgIpc) is 2.10. The van der Waals surface area contributed by atoms with Crippen LogP contribution >= 0.6 is 0 Å². The number of nitrogens with one attached hydrogen (secondary N) is 1. The molecule has 1 atom stereocenters. The van der Waals surface area contributed by atoms with Gasteiger partial charge in [-0.1, -0.05) is 26.2 Å². The molecule has 0 aliphatic carbocycles. The van der Waals surface area contributed by atoms with Gasteiger partial charge in [-0.25, -0.2) is 0 Å². The van der Waals surface area contributed by atoms with Crippen LogP contribution in [0.1, 0.15) is 39.0 Å². The van der Waals surface area contributed by atoms with Crippen LogP contribution in [0.2, 0.25) is 0 Å². The molecule has 0 aliphatic heterocycles. The molecule has 0 aromatic rings. The molecule has 0 saturated carbocycles. The average molecular weight is 187 g/mol. The number of rotatable bonds is 8. The van der Waals surface area contributed by atoms with E-state index in [1.807, 2.05) is 0 Å². The summed E-state index contributed by atoms with van der Waals surface area (Å²) in [5, 5.41) is 0. The Labute approximate surface area is 82.6 Å². The second kappa shape index (κ2) is 8.48. The largest absolute Gasteiger partial charge is 0.309 e. The smallest absolute Gasteiger partial charge is 0.0222 e. The Morgan fingerprint density at radius 3 is 2.38 bits per heavy atom. The van der Waals surface area contributed by atoms with Crippen LogP contribution in [0, 0.1) is 0 Å². The molecule has 1 unspecified atom stereocenters. The summed E-state index contributed by atoms with van der Waals surface area (Å²) in [5.74, 6) is 5.47. The van der Waals surface area contributed by atoms with Gasteiger partial charge in [0.25, 0.3) is 0 Å². The van der Waals surface area contributed by atoms with Gasteiger partial charge in [0.1, 0.15) is 0 Å². The number of nitrogens with zero attached hydrogens (tertiary/aromatic N) is 1. The molecule has 0 spiro atoms. The highest BCUT2D eigenvalue weighted by molar-refractivity contribution is 4.64. The first kappa shape index (κ1) is 12.9. The van der Waals surface area contributed by atoms with E-state index in [2.05, 4.69) is 31.3 Å². The van der Waals surface area contributed by atoms with Crippen molar-refractivity contribution < 1.29 is 0 Å². The van der Waals surface area contributed by atoms with E-state index in [0.717, 1.165) is 13.0 Å². The van der Waals surface area contributed by atoms with Crippen LogP contribution in [-0.2, 0) is 0 Å². The Bertz CT molecular complexity index is 104. The van der Waals surface area contributed by atoms with Gasteiger partial charge in [0.2, 0.25) is 0 Å². The Hall–Kier alpha value is -0.120. The summed E-state index contributed by atoms with van der Waals surface area (Å²) in [5.41, 5.74) is 2.89. The third-order valence-electron chi connectivity index (χ3n) is 2.32. The lowest BCUT2D eigenvalue weighted by molar-refractivity contribution is 0.346. The first-order valence-corrected chi connectivity index (χ1v) is 5.31. The maximum atomic E-state index is 5.47. The SMILES string of the molecule is CCCCCC(CCN(C)C)NN. The Kier molecular flexibility index (Phi) is 8.40. The fourth-order valence-electron chi connectivity index (χ4n) is 1.37. The molecule has 0 rings (SSSR count). The van der Waals surface area contributed by atoms with Crippen molar-refractivity contribution in [3.05, 3.63) is 0 Å². The van der Waals surface area contributed by atoms with E-state index in [0.29, 0.717) is 6.04 Å². The zero-order chi connectivity index (χ0) is 10.1. The van der Waals surface area contributed by atoms with Crippen molar-refractivity contribution in [1.29, 1.82) is 0 Å². The minimum Gasteiger partial charge on any atom is -0.309 e. The molecule has 3 N–H and O–H groups in total. The van der Waals surface area contributed by atoms with Gasteiger partial charge in [-0.05, 0) is 33.5 Å². The van der Waals surface area contributed by atoms with E-state index < -0.39 is 0 Å². The van der Waals surface area contributed by atoms with Gasteiger partial charge in [-0.2, -0.15) is 0 Å². The molecule has 0 aromatic carbocycles. The van der Waals surface area contributed by atoms with Crippen molar-refractivity contribution in [1.82, 2.24) is 10.3 Å². The fraction of sp³-hybridized carbons (Fsp3) is 1.00. The minimum atomic E-state index is 0.494. The molecule has 0 bridgehead atoms. The summed E-state index contributed by atoms with van der Waals surface area (Å²) < 4.78 is 0. The molecule has 80 valence electrons. The molecule has 0 radical (unpaired) electrons. The Balaban J connectivity index is 3.39. The summed E-state index contributed by atoms with van der Waals surface area (Å²) in [4.78, 5) is 2.20. The molecule has 13 heavy (non-hydrogen) atoms. The number of hydrazine groups is 1. The maximum absolute atomic E-state index is 5.47. The third kappa shape index (κ3) is 8.22. The van der Waals surface area contributed by atoms with E-state index >= 15 is 0 Å². The summed E-state index contributed by atoms with van der Waals surface area (Å²) in [7, 11) is 4.19. The first-order chi connectivity index (χ1) is 6.20. The maximum Gasteiger partial charge on any atom is 0.0222 e. The molecule has 0 amide bonds. The summed E-state index contributed by atoms with van der Waals surface area (Å²) >= 11 is 0. The fourth-order valence-corrected chi connectivity index (χ4v) is 1.37. The Morgan fingerprint density at radius 1 is 1.23 bits per heavy atom. The van der Waals surface area contributed by atoms with Gasteiger partial charge in [0.05, 0.1) is 0 Å².